The van der Waals surface area contributed by atoms with Gasteiger partial charge in [0.2, 0.25) is 0 Å². The number of carboxylic acid groups (broad SMARTS) is 1. The van der Waals surface area contributed by atoms with Crippen LogP contribution in [0.2, 0.25) is 5.02 Å². The van der Waals surface area contributed by atoms with E-state index in [1.54, 1.807) is 24.3 Å². The molecule has 0 saturated carbocycles. The summed E-state index contributed by atoms with van der Waals surface area (Å²) in [6.45, 7) is 0.719. The maximum Gasteiger partial charge on any atom is 0.337 e. The van der Waals surface area contributed by atoms with Crippen LogP contribution < -0.4 is 10.1 Å². The fraction of sp³-hybridized carbons (Fsp3) is 0.0800. The Bertz CT molecular complexity index is 1240. The van der Waals surface area contributed by atoms with Crippen molar-refractivity contribution in [1.29, 1.82) is 0 Å². The number of rotatable bonds is 7. The molecule has 4 aromatic carbocycles. The summed E-state index contributed by atoms with van der Waals surface area (Å²) in [4.78, 5) is 11.4. The number of carbonyl (C=O) groups is 1. The second kappa shape index (κ2) is 9.06. The van der Waals surface area contributed by atoms with E-state index in [1.807, 2.05) is 36.4 Å². The molecule has 0 heterocycles. The molecule has 0 saturated heterocycles. The molecular weight excluding hydrogens is 417 g/mol. The van der Waals surface area contributed by atoms with Gasteiger partial charge in [-0.05, 0) is 52.7 Å². The molecule has 0 spiro atoms. The van der Waals surface area contributed by atoms with Gasteiger partial charge in [-0.15, -0.1) is 0 Å². The first kappa shape index (κ1) is 20.7. The quantitative estimate of drug-likeness (QED) is 0.347. The van der Waals surface area contributed by atoms with Crippen LogP contribution in [0.3, 0.4) is 0 Å². The largest absolute Gasteiger partial charge is 0.489 e. The standard InChI is InChI=1S/C25H19ClFNO3/c26-23-11-10-19(13-21(23)25(29)30)28-14-22-20-4-2-1-3-17(20)7-12-24(22)31-15-16-5-8-18(27)9-6-16/h1-13,28H,14-15H2,(H,29,30). The zero-order valence-electron chi connectivity index (χ0n) is 16.4. The Kier molecular flexibility index (Phi) is 6.05. The highest BCUT2D eigenvalue weighted by Crippen LogP contribution is 2.30. The van der Waals surface area contributed by atoms with Crippen LogP contribution in [0.1, 0.15) is 21.5 Å². The molecule has 0 amide bonds. The number of hydrogen-bond donors (Lipinski definition) is 2. The SMILES string of the molecule is O=C(O)c1cc(NCc2c(OCc3ccc(F)cc3)ccc3ccccc23)ccc1Cl. The molecule has 4 nitrogen and oxygen atoms in total. The molecule has 31 heavy (non-hydrogen) atoms. The smallest absolute Gasteiger partial charge is 0.337 e. The van der Waals surface area contributed by atoms with E-state index >= 15 is 0 Å². The molecule has 156 valence electrons. The maximum atomic E-state index is 13.2. The van der Waals surface area contributed by atoms with Crippen LogP contribution in [0.4, 0.5) is 10.1 Å². The molecule has 0 fully saturated rings. The van der Waals surface area contributed by atoms with Crippen molar-refractivity contribution < 1.29 is 19.0 Å². The molecule has 4 rings (SSSR count). The van der Waals surface area contributed by atoms with Gasteiger partial charge in [0.05, 0.1) is 10.6 Å². The number of nitrogens with one attached hydrogen (secondary N) is 1. The molecule has 0 aliphatic heterocycles. The second-order valence-electron chi connectivity index (χ2n) is 7.03. The molecule has 0 aliphatic carbocycles. The Morgan fingerprint density at radius 3 is 2.55 bits per heavy atom. The van der Waals surface area contributed by atoms with E-state index in [-0.39, 0.29) is 16.4 Å². The van der Waals surface area contributed by atoms with Crippen LogP contribution in [0.25, 0.3) is 10.8 Å². The maximum absolute atomic E-state index is 13.2. The first-order chi connectivity index (χ1) is 15.0. The highest BCUT2D eigenvalue weighted by Gasteiger charge is 2.12. The van der Waals surface area contributed by atoms with E-state index in [0.717, 1.165) is 21.9 Å². The van der Waals surface area contributed by atoms with E-state index in [4.69, 9.17) is 16.3 Å². The van der Waals surface area contributed by atoms with Crippen molar-refractivity contribution >= 4 is 34.0 Å². The van der Waals surface area contributed by atoms with Gasteiger partial charge in [0.1, 0.15) is 18.2 Å². The first-order valence-electron chi connectivity index (χ1n) is 9.66. The minimum atomic E-state index is -1.08. The summed E-state index contributed by atoms with van der Waals surface area (Å²) in [6, 6.07) is 22.9. The first-order valence-corrected chi connectivity index (χ1v) is 10.0. The van der Waals surface area contributed by atoms with Crippen molar-refractivity contribution in [1.82, 2.24) is 0 Å². The van der Waals surface area contributed by atoms with Crippen molar-refractivity contribution in [2.75, 3.05) is 5.32 Å². The highest BCUT2D eigenvalue weighted by molar-refractivity contribution is 6.33. The lowest BCUT2D eigenvalue weighted by Gasteiger charge is -2.16. The summed E-state index contributed by atoms with van der Waals surface area (Å²) >= 11 is 5.97. The van der Waals surface area contributed by atoms with Gasteiger partial charge in [0.25, 0.3) is 0 Å². The van der Waals surface area contributed by atoms with Crippen LogP contribution in [-0.2, 0) is 13.2 Å². The molecule has 0 aliphatic rings. The minimum Gasteiger partial charge on any atom is -0.489 e. The number of aromatic carboxylic acids is 1. The Morgan fingerprint density at radius 1 is 1.00 bits per heavy atom. The van der Waals surface area contributed by atoms with Crippen LogP contribution in [0, 0.1) is 5.82 Å². The molecule has 0 bridgehead atoms. The van der Waals surface area contributed by atoms with Crippen molar-refractivity contribution in [2.24, 2.45) is 0 Å². The summed E-state index contributed by atoms with van der Waals surface area (Å²) in [7, 11) is 0. The van der Waals surface area contributed by atoms with E-state index in [9.17, 15) is 14.3 Å². The normalized spacial score (nSPS) is 10.8. The van der Waals surface area contributed by atoms with Crippen molar-refractivity contribution in [3.8, 4) is 5.75 Å². The van der Waals surface area contributed by atoms with Gasteiger partial charge in [0.15, 0.2) is 0 Å². The third-order valence-corrected chi connectivity index (χ3v) is 5.30. The number of anilines is 1. The third-order valence-electron chi connectivity index (χ3n) is 4.97. The number of halogens is 2. The number of fused-ring (bicyclic) bond motifs is 1. The topological polar surface area (TPSA) is 58.6 Å². The molecule has 4 aromatic rings. The van der Waals surface area contributed by atoms with Gasteiger partial charge in [-0.2, -0.15) is 0 Å². The molecule has 6 heteroatoms. The predicted octanol–water partition coefficient (Wildman–Crippen LogP) is 6.52. The third kappa shape index (κ3) is 4.78. The van der Waals surface area contributed by atoms with Crippen molar-refractivity contribution in [3.05, 3.63) is 106 Å². The van der Waals surface area contributed by atoms with Gasteiger partial charge in [0, 0.05) is 17.8 Å². The van der Waals surface area contributed by atoms with E-state index in [2.05, 4.69) is 5.32 Å². The zero-order chi connectivity index (χ0) is 21.8. The van der Waals surface area contributed by atoms with Crippen LogP contribution in [0.15, 0.2) is 78.9 Å². The monoisotopic (exact) mass is 435 g/mol. The average molecular weight is 436 g/mol. The van der Waals surface area contributed by atoms with E-state index in [0.29, 0.717) is 24.6 Å². The van der Waals surface area contributed by atoms with Gasteiger partial charge in [-0.25, -0.2) is 9.18 Å². The summed E-state index contributed by atoms with van der Waals surface area (Å²) in [5.74, 6) is -0.673. The number of ether oxygens (including phenoxy) is 1. The predicted molar refractivity (Wildman–Crippen MR) is 120 cm³/mol. The highest BCUT2D eigenvalue weighted by atomic mass is 35.5. The van der Waals surface area contributed by atoms with Gasteiger partial charge < -0.3 is 15.2 Å². The van der Waals surface area contributed by atoms with Gasteiger partial charge in [-0.1, -0.05) is 54.1 Å². The molecule has 0 aromatic heterocycles. The number of carboxylic acids is 1. The van der Waals surface area contributed by atoms with Gasteiger partial charge >= 0.3 is 5.97 Å². The van der Waals surface area contributed by atoms with Crippen LogP contribution >= 0.6 is 11.6 Å². The zero-order valence-corrected chi connectivity index (χ0v) is 17.2. The Labute approximate surface area is 183 Å². The number of hydrogen-bond acceptors (Lipinski definition) is 3. The lowest BCUT2D eigenvalue weighted by Crippen LogP contribution is -2.06. The molecule has 2 N–H and O–H groups in total. The van der Waals surface area contributed by atoms with Crippen molar-refractivity contribution in [2.45, 2.75) is 13.2 Å². The molecule has 0 atom stereocenters. The lowest BCUT2D eigenvalue weighted by molar-refractivity contribution is 0.0697. The Hall–Kier alpha value is -3.57. The number of benzene rings is 4. The molecule has 0 radical (unpaired) electrons. The van der Waals surface area contributed by atoms with E-state index in [1.165, 1.54) is 18.2 Å². The molecule has 0 unspecified atom stereocenters. The summed E-state index contributed by atoms with van der Waals surface area (Å²) < 4.78 is 19.2. The molecular formula is C25H19ClFNO3. The van der Waals surface area contributed by atoms with Crippen molar-refractivity contribution in [3.63, 3.8) is 0 Å². The fourth-order valence-corrected chi connectivity index (χ4v) is 3.56. The van der Waals surface area contributed by atoms with Gasteiger partial charge in [-0.3, -0.25) is 0 Å². The van der Waals surface area contributed by atoms with E-state index < -0.39 is 5.97 Å². The lowest BCUT2D eigenvalue weighted by atomic mass is 10.0. The summed E-state index contributed by atoms with van der Waals surface area (Å²) in [5, 5.41) is 14.8. The van der Waals surface area contributed by atoms with Crippen LogP contribution in [0.5, 0.6) is 5.75 Å². The minimum absolute atomic E-state index is 0.0392. The average Bonchev–Trinajstić information content (AvgIpc) is 2.78. The second-order valence-corrected chi connectivity index (χ2v) is 7.44. The summed E-state index contributed by atoms with van der Waals surface area (Å²) in [5.41, 5.74) is 2.47. The Morgan fingerprint density at radius 2 is 1.77 bits per heavy atom. The fourth-order valence-electron chi connectivity index (χ4n) is 3.36. The van der Waals surface area contributed by atoms with Crippen LogP contribution in [-0.4, -0.2) is 11.1 Å². The summed E-state index contributed by atoms with van der Waals surface area (Å²) in [6.07, 6.45) is 0. The Balaban J connectivity index is 1.62.